The molecule has 9 aromatic heterocycles. The van der Waals surface area contributed by atoms with Crippen LogP contribution in [0.15, 0.2) is 486 Å². The van der Waals surface area contributed by atoms with Gasteiger partial charge in [0.1, 0.15) is 33.5 Å². The Morgan fingerprint density at radius 1 is 0.119 bits per heavy atom. The zero-order valence-electron chi connectivity index (χ0n) is 72.9. The monoisotopic (exact) mass is 1720 g/mol. The van der Waals surface area contributed by atoms with Crippen molar-refractivity contribution in [1.82, 2.24) is 27.4 Å². The number of benzene rings is 21. The van der Waals surface area contributed by atoms with Crippen LogP contribution in [-0.4, -0.2) is 27.4 Å². The molecule has 0 aliphatic heterocycles. The first-order valence-corrected chi connectivity index (χ1v) is 46.1. The number of rotatable bonds is 9. The fraction of sp³-hybridized carbons (Fsp3) is 0. The molecule has 0 saturated carbocycles. The molecule has 0 radical (unpaired) electrons. The topological polar surface area (TPSA) is 69.0 Å². The van der Waals surface area contributed by atoms with Gasteiger partial charge in [0, 0.05) is 115 Å². The van der Waals surface area contributed by atoms with E-state index >= 15 is 0 Å². The predicted molar refractivity (Wildman–Crippen MR) is 564 cm³/mol. The maximum absolute atomic E-state index is 6.69. The first-order valence-electron chi connectivity index (χ1n) is 46.1. The molecule has 135 heavy (non-hydrogen) atoms. The van der Waals surface area contributed by atoms with Crippen molar-refractivity contribution >= 4 is 197 Å². The number of furan rings is 3. The van der Waals surface area contributed by atoms with E-state index in [1.54, 1.807) is 0 Å². The van der Waals surface area contributed by atoms with Crippen LogP contribution in [0, 0.1) is 0 Å². The van der Waals surface area contributed by atoms with E-state index in [9.17, 15) is 0 Å². The zero-order valence-corrected chi connectivity index (χ0v) is 72.9. The van der Waals surface area contributed by atoms with E-state index in [-0.39, 0.29) is 0 Å². The molecule has 30 aromatic rings. The zero-order chi connectivity index (χ0) is 88.5. The van der Waals surface area contributed by atoms with Crippen molar-refractivity contribution in [2.75, 3.05) is 0 Å². The average Bonchev–Trinajstić information content (AvgIpc) is 1.55. The number of hydrogen-bond donors (Lipinski definition) is 0. The Morgan fingerprint density at radius 3 is 0.704 bits per heavy atom. The van der Waals surface area contributed by atoms with Crippen molar-refractivity contribution in [1.29, 1.82) is 0 Å². The van der Waals surface area contributed by atoms with Crippen molar-refractivity contribution in [2.24, 2.45) is 0 Å². The van der Waals surface area contributed by atoms with Crippen LogP contribution >= 0.6 is 0 Å². The molecular formula is C126H78N6O3. The summed E-state index contributed by atoms with van der Waals surface area (Å²) in [5, 5.41) is 21.2. The van der Waals surface area contributed by atoms with Crippen LogP contribution < -0.4 is 0 Å². The average molecular weight is 1720 g/mol. The molecule has 630 valence electrons. The highest BCUT2D eigenvalue weighted by molar-refractivity contribution is 6.31. The van der Waals surface area contributed by atoms with E-state index < -0.39 is 0 Å². The lowest BCUT2D eigenvalue weighted by atomic mass is 9.98. The third-order valence-corrected chi connectivity index (χ3v) is 27.9. The van der Waals surface area contributed by atoms with Crippen molar-refractivity contribution in [3.05, 3.63) is 473 Å². The van der Waals surface area contributed by atoms with Gasteiger partial charge in [-0.25, -0.2) is 0 Å². The molecule has 0 bridgehead atoms. The van der Waals surface area contributed by atoms with Gasteiger partial charge in [-0.1, -0.05) is 285 Å². The molecular weight excluding hydrogens is 1650 g/mol. The molecule has 0 atom stereocenters. The third kappa shape index (κ3) is 11.8. The van der Waals surface area contributed by atoms with E-state index in [4.69, 9.17) is 13.3 Å². The Morgan fingerprint density at radius 2 is 0.363 bits per heavy atom. The van der Waals surface area contributed by atoms with Gasteiger partial charge in [-0.2, -0.15) is 0 Å². The van der Waals surface area contributed by atoms with Crippen molar-refractivity contribution in [2.45, 2.75) is 0 Å². The fourth-order valence-corrected chi connectivity index (χ4v) is 22.0. The minimum absolute atomic E-state index is 0.908. The molecule has 0 aliphatic carbocycles. The molecule has 9 heterocycles. The summed E-state index contributed by atoms with van der Waals surface area (Å²) in [6, 6.07) is 169. The Kier molecular flexibility index (Phi) is 17.0. The summed E-state index contributed by atoms with van der Waals surface area (Å²) in [6.07, 6.45) is 0. The maximum atomic E-state index is 6.69. The van der Waals surface area contributed by atoms with Gasteiger partial charge in [-0.05, 0) is 221 Å². The van der Waals surface area contributed by atoms with E-state index in [1.165, 1.54) is 109 Å². The molecule has 21 aromatic carbocycles. The summed E-state index contributed by atoms with van der Waals surface area (Å²) in [5.41, 5.74) is 33.5. The van der Waals surface area contributed by atoms with Crippen LogP contribution in [0.5, 0.6) is 0 Å². The van der Waals surface area contributed by atoms with Crippen molar-refractivity contribution < 1.29 is 13.3 Å². The summed E-state index contributed by atoms with van der Waals surface area (Å²) in [7, 11) is 0. The first kappa shape index (κ1) is 75.8. The molecule has 0 fully saturated rings. The molecule has 9 nitrogen and oxygen atoms in total. The third-order valence-electron chi connectivity index (χ3n) is 27.9. The molecule has 30 rings (SSSR count). The summed E-state index contributed by atoms with van der Waals surface area (Å²) in [6.45, 7) is 0. The van der Waals surface area contributed by atoms with Gasteiger partial charge in [0.15, 0.2) is 0 Å². The lowest BCUT2D eigenvalue weighted by molar-refractivity contribution is 0.672. The second-order valence-corrected chi connectivity index (χ2v) is 35.3. The van der Waals surface area contributed by atoms with Gasteiger partial charge >= 0.3 is 0 Å². The Hall–Kier alpha value is -18.2. The van der Waals surface area contributed by atoms with Crippen LogP contribution in [0.1, 0.15) is 0 Å². The van der Waals surface area contributed by atoms with E-state index in [2.05, 4.69) is 482 Å². The van der Waals surface area contributed by atoms with Crippen LogP contribution in [0.25, 0.3) is 264 Å². The fourth-order valence-electron chi connectivity index (χ4n) is 22.0. The SMILES string of the molecule is c1ccc(-c2cc(-c3ccccc3)cc(-n3c4ccccc4c4cc5c6c7oc8ccccc8c7ccc6n(-c6ccccc6)c5cc43)c2)cc1.c1ccc(-c2cccc(-n3c4ccccc4c4cc5c6c7oc8ccccc8c7ccc6n(-c6ccccc6)c5cc43)c2)cc1.c1ccc(-n2c3ccccc3c3cc4c5c6oc7ccccc7c6ccc5n(-c5ccccc5)c4cc32)cc1. The highest BCUT2D eigenvalue weighted by Gasteiger charge is 2.28. The summed E-state index contributed by atoms with van der Waals surface area (Å²) >= 11 is 0. The maximum Gasteiger partial charge on any atom is 0.145 e. The minimum Gasteiger partial charge on any atom is -0.455 e. The number of aromatic nitrogens is 6. The van der Waals surface area contributed by atoms with Crippen LogP contribution in [0.3, 0.4) is 0 Å². The number of nitrogens with zero attached hydrogens (tertiary/aromatic N) is 6. The van der Waals surface area contributed by atoms with Crippen molar-refractivity contribution in [3.63, 3.8) is 0 Å². The number of hydrogen-bond acceptors (Lipinski definition) is 3. The molecule has 9 heteroatoms. The molecule has 0 spiro atoms. The molecule has 0 unspecified atom stereocenters. The Bertz CT molecular complexity index is 9990. The quantitative estimate of drug-likeness (QED) is 0.145. The lowest BCUT2D eigenvalue weighted by Crippen LogP contribution is -1.97. The van der Waals surface area contributed by atoms with Gasteiger partial charge in [0.25, 0.3) is 0 Å². The van der Waals surface area contributed by atoms with Gasteiger partial charge in [-0.3, -0.25) is 0 Å². The van der Waals surface area contributed by atoms with Crippen LogP contribution in [0.4, 0.5) is 0 Å². The van der Waals surface area contributed by atoms with Gasteiger partial charge in [0.05, 0.1) is 82.4 Å². The highest BCUT2D eigenvalue weighted by atomic mass is 16.3. The largest absolute Gasteiger partial charge is 0.455 e. The summed E-state index contributed by atoms with van der Waals surface area (Å²) in [5.74, 6) is 0. The molecule has 0 aliphatic rings. The number of para-hydroxylation sites is 10. The van der Waals surface area contributed by atoms with Crippen molar-refractivity contribution in [3.8, 4) is 67.5 Å². The Labute approximate surface area is 772 Å². The van der Waals surface area contributed by atoms with Gasteiger partial charge in [0.2, 0.25) is 0 Å². The minimum atomic E-state index is 0.908. The van der Waals surface area contributed by atoms with Crippen LogP contribution in [0.2, 0.25) is 0 Å². The number of fused-ring (bicyclic) bond motifs is 30. The summed E-state index contributed by atoms with van der Waals surface area (Å²) in [4.78, 5) is 0. The highest BCUT2D eigenvalue weighted by Crippen LogP contribution is 2.50. The van der Waals surface area contributed by atoms with Crippen LogP contribution in [-0.2, 0) is 0 Å². The standard InChI is InChI=1S/C48H30N2O.C42H26N2O.C36H22N2O/c1-4-14-31(15-5-1)33-26-34(32-16-6-2-7-17-32)28-36(27-33)50-42-22-12-10-20-37(42)40-29-41-45(30-44(40)50)49(35-18-8-3-9-19-35)43-25-24-39-38-21-11-13-23-46(38)51-48(39)47(41)43;1-3-12-27(13-4-1)28-14-11-17-30(24-28)44-36-20-9-7-18-31(36)34-25-35-39(26-38(34)44)43(29-15-5-2-6-16-29)37-23-22-33-32-19-8-10-21-40(32)45-42(33)41(35)37;1-3-11-23(12-4-1)37-30-17-9-7-15-25(30)28-21-29-33(22-32(28)37)38(24-13-5-2-6-14-24)31-20-19-27-26-16-8-10-18-34(26)39-36(27)35(29)31/h1-30H;1-26H;1-22H. The van der Waals surface area contributed by atoms with E-state index in [0.29, 0.717) is 0 Å². The second kappa shape index (κ2) is 30.2. The Balaban J connectivity index is 0.000000101. The van der Waals surface area contributed by atoms with Gasteiger partial charge in [-0.15, -0.1) is 0 Å². The van der Waals surface area contributed by atoms with E-state index in [1.807, 2.05) is 18.2 Å². The normalized spacial score (nSPS) is 12.0. The van der Waals surface area contributed by atoms with E-state index in [0.717, 1.165) is 155 Å². The smallest absolute Gasteiger partial charge is 0.145 e. The molecule has 0 saturated heterocycles. The first-order chi connectivity index (χ1) is 67.0. The predicted octanol–water partition coefficient (Wildman–Crippen LogP) is 34.3. The second-order valence-electron chi connectivity index (χ2n) is 35.3. The summed E-state index contributed by atoms with van der Waals surface area (Å²) < 4.78 is 34.3. The van der Waals surface area contributed by atoms with Gasteiger partial charge < -0.3 is 40.7 Å². The molecule has 0 amide bonds. The molecule has 0 N–H and O–H groups in total. The lowest BCUT2D eigenvalue weighted by Gasteiger charge is -2.14.